The number of nitrogens with zero attached hydrogens (tertiary/aromatic N) is 4. The number of fused-ring (bicyclic) bond motifs is 1. The molecule has 10 heteroatoms. The van der Waals surface area contributed by atoms with Gasteiger partial charge in [-0.05, 0) is 96.0 Å². The fourth-order valence-corrected chi connectivity index (χ4v) is 9.69. The van der Waals surface area contributed by atoms with Crippen LogP contribution in [-0.4, -0.2) is 109 Å². The first-order valence-corrected chi connectivity index (χ1v) is 20.1. The van der Waals surface area contributed by atoms with Crippen molar-refractivity contribution in [3.05, 3.63) is 95.6 Å². The number of piperidine rings is 3. The van der Waals surface area contributed by atoms with Gasteiger partial charge in [0.2, 0.25) is 17.7 Å². The van der Waals surface area contributed by atoms with Gasteiger partial charge in [0, 0.05) is 71.0 Å². The first-order valence-electron chi connectivity index (χ1n) is 20.1. The molecular weight excluding hydrogens is 677 g/mol. The topological polar surface area (TPSA) is 108 Å². The number of nitrogens with one attached hydrogen (secondary N) is 2. The van der Waals surface area contributed by atoms with Crippen molar-refractivity contribution >= 4 is 34.6 Å². The molecule has 5 aliphatic rings. The van der Waals surface area contributed by atoms with Gasteiger partial charge in [0.1, 0.15) is 11.8 Å². The number of carbonyl (C=O) groups is 3. The van der Waals surface area contributed by atoms with E-state index in [-0.39, 0.29) is 41.5 Å². The molecule has 0 spiro atoms. The molecular formula is C44H54N6O4. The lowest BCUT2D eigenvalue weighted by Crippen LogP contribution is -2.59. The highest BCUT2D eigenvalue weighted by atomic mass is 16.3. The quantitative estimate of drug-likeness (QED) is 0.213. The van der Waals surface area contributed by atoms with E-state index in [0.717, 1.165) is 64.2 Å². The highest BCUT2D eigenvalue weighted by Gasteiger charge is 2.49. The van der Waals surface area contributed by atoms with E-state index in [4.69, 9.17) is 0 Å². The third-order valence-electron chi connectivity index (χ3n) is 12.7. The molecule has 3 N–H and O–H groups in total. The van der Waals surface area contributed by atoms with Gasteiger partial charge in [-0.2, -0.15) is 0 Å². The zero-order chi connectivity index (χ0) is 37.2. The highest BCUT2D eigenvalue weighted by Crippen LogP contribution is 2.37. The molecule has 0 radical (unpaired) electrons. The van der Waals surface area contributed by atoms with Crippen molar-refractivity contribution in [2.75, 3.05) is 63.8 Å². The summed E-state index contributed by atoms with van der Waals surface area (Å²) in [6, 6.07) is 26.8. The number of phenolic OH excluding ortho intramolecular Hbond substituents is 1. The number of anilines is 1. The third kappa shape index (κ3) is 7.70. The summed E-state index contributed by atoms with van der Waals surface area (Å²) in [5.74, 6) is 0.643. The normalized spacial score (nSPS) is 26.4. The number of likely N-dealkylation sites (tertiary alicyclic amines) is 1. The predicted octanol–water partition coefficient (Wildman–Crippen LogP) is 4.79. The van der Waals surface area contributed by atoms with Crippen molar-refractivity contribution in [3.8, 4) is 5.75 Å². The number of rotatable bonds is 9. The lowest BCUT2D eigenvalue weighted by atomic mass is 9.87. The standard InChI is InChI=1S/C44H54N6O4/c1-2-37(31-6-4-3-5-7-31)42(33-10-14-36(51)15-11-33)32-8-12-35(13-9-32)48-20-18-30(19-21-48)28-47-22-24-49(25-23-47)40-26-34-29-50(44(54)38(34)27-45-40)39-16-17-41(52)46-43(39)53/h3-15,30,34,38-40,45,51H,2,16-29H2,1H3,(H,46,52,53)/b42-37+. The van der Waals surface area contributed by atoms with Gasteiger partial charge in [0.15, 0.2) is 0 Å². The summed E-state index contributed by atoms with van der Waals surface area (Å²) in [4.78, 5) is 46.9. The Kier molecular flexibility index (Phi) is 10.9. The number of benzene rings is 3. The van der Waals surface area contributed by atoms with Crippen molar-refractivity contribution in [2.24, 2.45) is 17.8 Å². The first-order chi connectivity index (χ1) is 26.3. The molecule has 5 heterocycles. The van der Waals surface area contributed by atoms with E-state index in [1.54, 1.807) is 17.0 Å². The number of phenols is 1. The first kappa shape index (κ1) is 36.5. The number of hydrogen-bond acceptors (Lipinski definition) is 8. The van der Waals surface area contributed by atoms with Crippen LogP contribution in [-0.2, 0) is 14.4 Å². The van der Waals surface area contributed by atoms with Gasteiger partial charge >= 0.3 is 0 Å². The second kappa shape index (κ2) is 16.1. The van der Waals surface area contributed by atoms with Crippen LogP contribution in [0.1, 0.15) is 62.1 Å². The van der Waals surface area contributed by atoms with E-state index < -0.39 is 6.04 Å². The average molecular weight is 731 g/mol. The molecule has 0 aromatic heterocycles. The molecule has 8 rings (SSSR count). The van der Waals surface area contributed by atoms with E-state index >= 15 is 0 Å². The summed E-state index contributed by atoms with van der Waals surface area (Å²) >= 11 is 0. The molecule has 3 aromatic carbocycles. The van der Waals surface area contributed by atoms with Gasteiger partial charge in [-0.3, -0.25) is 24.6 Å². The van der Waals surface area contributed by atoms with E-state index in [0.29, 0.717) is 31.8 Å². The van der Waals surface area contributed by atoms with E-state index in [9.17, 15) is 19.5 Å². The zero-order valence-corrected chi connectivity index (χ0v) is 31.5. The molecule has 4 atom stereocenters. The molecule has 10 nitrogen and oxygen atoms in total. The third-order valence-corrected chi connectivity index (χ3v) is 12.7. The Morgan fingerprint density at radius 2 is 1.48 bits per heavy atom. The van der Waals surface area contributed by atoms with E-state index in [2.05, 4.69) is 86.9 Å². The van der Waals surface area contributed by atoms with Crippen molar-refractivity contribution in [1.82, 2.24) is 25.3 Å². The summed E-state index contributed by atoms with van der Waals surface area (Å²) in [6.07, 6.45) is 5.19. The van der Waals surface area contributed by atoms with Crippen LogP contribution in [0.25, 0.3) is 11.1 Å². The van der Waals surface area contributed by atoms with Crippen LogP contribution < -0.4 is 15.5 Å². The van der Waals surface area contributed by atoms with Gasteiger partial charge in [-0.15, -0.1) is 0 Å². The second-order valence-corrected chi connectivity index (χ2v) is 15.9. The van der Waals surface area contributed by atoms with Crippen LogP contribution in [0.5, 0.6) is 5.75 Å². The van der Waals surface area contributed by atoms with Crippen molar-refractivity contribution in [2.45, 2.75) is 57.7 Å². The molecule has 3 aromatic rings. The largest absolute Gasteiger partial charge is 0.508 e. The van der Waals surface area contributed by atoms with Crippen molar-refractivity contribution in [3.63, 3.8) is 0 Å². The summed E-state index contributed by atoms with van der Waals surface area (Å²) in [5.41, 5.74) is 7.30. The Bertz CT molecular complexity index is 1830. The van der Waals surface area contributed by atoms with Gasteiger partial charge in [-0.1, -0.05) is 61.5 Å². The number of allylic oxidation sites excluding steroid dienone is 1. The van der Waals surface area contributed by atoms with Gasteiger partial charge < -0.3 is 25.1 Å². The molecule has 5 saturated heterocycles. The minimum atomic E-state index is -0.511. The van der Waals surface area contributed by atoms with Crippen LogP contribution in [0.3, 0.4) is 0 Å². The summed E-state index contributed by atoms with van der Waals surface area (Å²) in [5, 5.41) is 16.1. The molecule has 5 fully saturated rings. The number of imide groups is 1. The number of piperazine rings is 1. The van der Waals surface area contributed by atoms with Crippen molar-refractivity contribution < 1.29 is 19.5 Å². The van der Waals surface area contributed by atoms with E-state index in [1.807, 2.05) is 12.1 Å². The maximum Gasteiger partial charge on any atom is 0.249 e. The van der Waals surface area contributed by atoms with Crippen LogP contribution in [0.15, 0.2) is 78.9 Å². The van der Waals surface area contributed by atoms with Gasteiger partial charge in [-0.25, -0.2) is 0 Å². The van der Waals surface area contributed by atoms with E-state index in [1.165, 1.54) is 40.8 Å². The predicted molar refractivity (Wildman–Crippen MR) is 211 cm³/mol. The SMILES string of the molecule is CC/C(=C(\c1ccc(O)cc1)c1ccc(N2CCC(CN3CCN(C4CC5CN(C6CCC(=O)NC6=O)C(=O)C5CN4)CC3)CC2)cc1)c1ccccc1. The molecule has 0 saturated carbocycles. The molecule has 54 heavy (non-hydrogen) atoms. The van der Waals surface area contributed by atoms with Crippen molar-refractivity contribution in [1.29, 1.82) is 0 Å². The minimum absolute atomic E-state index is 0.0645. The molecule has 3 amide bonds. The van der Waals surface area contributed by atoms with Gasteiger partial charge in [0.05, 0.1) is 12.1 Å². The summed E-state index contributed by atoms with van der Waals surface area (Å²) < 4.78 is 0. The second-order valence-electron chi connectivity index (χ2n) is 15.9. The summed E-state index contributed by atoms with van der Waals surface area (Å²) in [7, 11) is 0. The minimum Gasteiger partial charge on any atom is -0.508 e. The summed E-state index contributed by atoms with van der Waals surface area (Å²) in [6.45, 7) is 10.9. The number of hydrogen-bond donors (Lipinski definition) is 3. The highest BCUT2D eigenvalue weighted by molar-refractivity contribution is 6.02. The smallest absolute Gasteiger partial charge is 0.249 e. The maximum absolute atomic E-state index is 13.2. The lowest BCUT2D eigenvalue weighted by Gasteiger charge is -2.44. The average Bonchev–Trinajstić information content (AvgIpc) is 3.53. The molecule has 284 valence electrons. The Morgan fingerprint density at radius 1 is 0.796 bits per heavy atom. The fourth-order valence-electron chi connectivity index (χ4n) is 9.69. The molecule has 0 aliphatic carbocycles. The number of aromatic hydroxyl groups is 1. The Morgan fingerprint density at radius 3 is 2.15 bits per heavy atom. The van der Waals surface area contributed by atoms with Crippen LogP contribution in [0.4, 0.5) is 5.69 Å². The Balaban J connectivity index is 0.824. The monoisotopic (exact) mass is 730 g/mol. The number of carbonyl (C=O) groups excluding carboxylic acids is 3. The molecule has 4 unspecified atom stereocenters. The Hall–Kier alpha value is -4.51. The Labute approximate surface area is 319 Å². The number of amides is 3. The zero-order valence-electron chi connectivity index (χ0n) is 31.5. The lowest BCUT2D eigenvalue weighted by molar-refractivity contribution is -0.144. The van der Waals surface area contributed by atoms with Gasteiger partial charge in [0.25, 0.3) is 0 Å². The van der Waals surface area contributed by atoms with Crippen LogP contribution in [0.2, 0.25) is 0 Å². The molecule has 0 bridgehead atoms. The molecule has 5 aliphatic heterocycles. The maximum atomic E-state index is 13.2. The van der Waals surface area contributed by atoms with Crippen LogP contribution >= 0.6 is 0 Å². The van der Waals surface area contributed by atoms with Crippen LogP contribution in [0, 0.1) is 17.8 Å². The fraction of sp³-hybridized carbons (Fsp3) is 0.477.